The first-order chi connectivity index (χ1) is 4.81. The predicted octanol–water partition coefficient (Wildman–Crippen LogP) is 2.38. The third-order valence-electron chi connectivity index (χ3n) is 0.982. The van der Waals surface area contributed by atoms with Gasteiger partial charge in [0.1, 0.15) is 0 Å². The Balaban J connectivity index is 3.93. The van der Waals surface area contributed by atoms with Crippen LogP contribution >= 0.6 is 0 Å². The minimum Gasteiger partial charge on any atom is -0.297 e. The van der Waals surface area contributed by atoms with Gasteiger partial charge in [-0.3, -0.25) is 4.99 Å². The molecule has 1 nitrogen and oxygen atoms in total. The van der Waals surface area contributed by atoms with Crippen molar-refractivity contribution in [1.29, 1.82) is 0 Å². The van der Waals surface area contributed by atoms with Crippen LogP contribution < -0.4 is 0 Å². The molecule has 0 aromatic heterocycles. The highest BCUT2D eigenvalue weighted by atomic mass is 14.6. The van der Waals surface area contributed by atoms with E-state index in [1.54, 1.807) is 19.3 Å². The first kappa shape index (κ1) is 8.89. The van der Waals surface area contributed by atoms with Gasteiger partial charge < -0.3 is 0 Å². The lowest BCUT2D eigenvalue weighted by molar-refractivity contribution is 1.46. The molecule has 0 aliphatic carbocycles. The summed E-state index contributed by atoms with van der Waals surface area (Å²) in [5.41, 5.74) is 1.17. The number of hydrogen-bond donors (Lipinski definition) is 0. The van der Waals surface area contributed by atoms with Gasteiger partial charge in [0.15, 0.2) is 0 Å². The normalized spacial score (nSPS) is 13.2. The second-order valence-electron chi connectivity index (χ2n) is 1.91. The van der Waals surface area contributed by atoms with Gasteiger partial charge in [-0.25, -0.2) is 0 Å². The monoisotopic (exact) mass is 135 g/mol. The quantitative estimate of drug-likeness (QED) is 0.416. The minimum absolute atomic E-state index is 1.17. The van der Waals surface area contributed by atoms with E-state index >= 15 is 0 Å². The maximum atomic E-state index is 3.82. The largest absolute Gasteiger partial charge is 0.297 e. The minimum atomic E-state index is 1.17. The zero-order chi connectivity index (χ0) is 7.82. The average molecular weight is 135 g/mol. The number of rotatable bonds is 3. The van der Waals surface area contributed by atoms with Gasteiger partial charge in [0.25, 0.3) is 0 Å². The molecule has 0 aliphatic heterocycles. The summed E-state index contributed by atoms with van der Waals surface area (Å²) in [6.07, 6.45) is 9.34. The van der Waals surface area contributed by atoms with Crippen LogP contribution in [-0.2, 0) is 0 Å². The van der Waals surface area contributed by atoms with Gasteiger partial charge in [-0.15, -0.1) is 0 Å². The number of allylic oxidation sites excluding steroid dienone is 5. The molecule has 0 aliphatic rings. The maximum Gasteiger partial charge on any atom is 0.0277 e. The fraction of sp³-hybridized carbons (Fsp3) is 0.222. The number of hydrogen-bond acceptors (Lipinski definition) is 1. The summed E-state index contributed by atoms with van der Waals surface area (Å²) in [5, 5.41) is 0. The fourth-order valence-electron chi connectivity index (χ4n) is 0.467. The van der Waals surface area contributed by atoms with Gasteiger partial charge >= 0.3 is 0 Å². The Morgan fingerprint density at radius 1 is 1.50 bits per heavy atom. The Kier molecular flexibility index (Phi) is 5.35. The SMILES string of the molecule is C=C/C=C\C(C)=C/C=NC. The molecule has 0 spiro atoms. The van der Waals surface area contributed by atoms with E-state index < -0.39 is 0 Å². The zero-order valence-corrected chi connectivity index (χ0v) is 6.54. The summed E-state index contributed by atoms with van der Waals surface area (Å²) in [4.78, 5) is 3.82. The van der Waals surface area contributed by atoms with E-state index in [1.165, 1.54) is 5.57 Å². The molecule has 0 atom stereocenters. The van der Waals surface area contributed by atoms with Crippen molar-refractivity contribution in [2.24, 2.45) is 4.99 Å². The number of nitrogens with zero attached hydrogens (tertiary/aromatic N) is 1. The molecule has 0 amide bonds. The van der Waals surface area contributed by atoms with Gasteiger partial charge in [0, 0.05) is 13.3 Å². The van der Waals surface area contributed by atoms with Crippen LogP contribution in [0.25, 0.3) is 0 Å². The second kappa shape index (κ2) is 6.02. The van der Waals surface area contributed by atoms with Crippen molar-refractivity contribution in [2.45, 2.75) is 6.92 Å². The fourth-order valence-corrected chi connectivity index (χ4v) is 0.467. The van der Waals surface area contributed by atoms with Crippen LogP contribution in [0.2, 0.25) is 0 Å². The summed E-state index contributed by atoms with van der Waals surface area (Å²) in [5.74, 6) is 0. The van der Waals surface area contributed by atoms with Gasteiger partial charge in [0.2, 0.25) is 0 Å². The van der Waals surface area contributed by atoms with E-state index in [2.05, 4.69) is 11.6 Å². The van der Waals surface area contributed by atoms with Gasteiger partial charge in [-0.2, -0.15) is 0 Å². The molecule has 0 aromatic carbocycles. The van der Waals surface area contributed by atoms with Crippen LogP contribution in [0, 0.1) is 0 Å². The molecule has 1 heteroatoms. The molecule has 54 valence electrons. The lowest BCUT2D eigenvalue weighted by Crippen LogP contribution is -1.69. The van der Waals surface area contributed by atoms with Gasteiger partial charge in [0.05, 0.1) is 0 Å². The molecule has 0 aromatic rings. The molecule has 0 heterocycles. The summed E-state index contributed by atoms with van der Waals surface area (Å²) in [6.45, 7) is 5.58. The first-order valence-electron chi connectivity index (χ1n) is 3.19. The van der Waals surface area contributed by atoms with Crippen molar-refractivity contribution in [3.05, 3.63) is 36.5 Å². The zero-order valence-electron chi connectivity index (χ0n) is 6.54. The summed E-state index contributed by atoms with van der Waals surface area (Å²) < 4.78 is 0. The molecule has 0 bridgehead atoms. The Morgan fingerprint density at radius 2 is 2.20 bits per heavy atom. The van der Waals surface area contributed by atoms with Crippen LogP contribution in [0.3, 0.4) is 0 Å². The highest BCUT2D eigenvalue weighted by Crippen LogP contribution is 1.92. The lowest BCUT2D eigenvalue weighted by Gasteiger charge is -1.83. The van der Waals surface area contributed by atoms with E-state index in [-0.39, 0.29) is 0 Å². The highest BCUT2D eigenvalue weighted by molar-refractivity contribution is 5.72. The van der Waals surface area contributed by atoms with E-state index in [1.807, 2.05) is 25.2 Å². The molecule has 0 rings (SSSR count). The van der Waals surface area contributed by atoms with E-state index in [4.69, 9.17) is 0 Å². The Morgan fingerprint density at radius 3 is 2.70 bits per heavy atom. The summed E-state index contributed by atoms with van der Waals surface area (Å²) in [7, 11) is 1.75. The molecular formula is C9H13N. The van der Waals surface area contributed by atoms with E-state index in [9.17, 15) is 0 Å². The van der Waals surface area contributed by atoms with Crippen LogP contribution in [0.15, 0.2) is 41.4 Å². The first-order valence-corrected chi connectivity index (χ1v) is 3.19. The van der Waals surface area contributed by atoms with Crippen molar-refractivity contribution < 1.29 is 0 Å². The van der Waals surface area contributed by atoms with Crippen LogP contribution in [-0.4, -0.2) is 13.3 Å². The van der Waals surface area contributed by atoms with Crippen molar-refractivity contribution in [2.75, 3.05) is 7.05 Å². The van der Waals surface area contributed by atoms with Crippen LogP contribution in [0.1, 0.15) is 6.92 Å². The van der Waals surface area contributed by atoms with Crippen LogP contribution in [0.4, 0.5) is 0 Å². The molecular weight excluding hydrogens is 122 g/mol. The van der Waals surface area contributed by atoms with E-state index in [0.29, 0.717) is 0 Å². The molecule has 0 unspecified atom stereocenters. The molecule has 0 radical (unpaired) electrons. The summed E-state index contributed by atoms with van der Waals surface area (Å²) >= 11 is 0. The van der Waals surface area contributed by atoms with Crippen molar-refractivity contribution in [3.8, 4) is 0 Å². The lowest BCUT2D eigenvalue weighted by atomic mass is 10.2. The van der Waals surface area contributed by atoms with Gasteiger partial charge in [-0.1, -0.05) is 24.8 Å². The average Bonchev–Trinajstić information content (AvgIpc) is 1.97. The molecule has 0 saturated heterocycles. The van der Waals surface area contributed by atoms with Gasteiger partial charge in [-0.05, 0) is 18.6 Å². The van der Waals surface area contributed by atoms with Crippen molar-refractivity contribution >= 4 is 6.21 Å². The van der Waals surface area contributed by atoms with E-state index in [0.717, 1.165) is 0 Å². The third kappa shape index (κ3) is 5.04. The summed E-state index contributed by atoms with van der Waals surface area (Å²) in [6, 6.07) is 0. The smallest absolute Gasteiger partial charge is 0.0277 e. The molecule has 0 fully saturated rings. The molecule has 0 saturated carbocycles. The molecule has 10 heavy (non-hydrogen) atoms. The topological polar surface area (TPSA) is 12.4 Å². The standard InChI is InChI=1S/C9H13N/c1-4-5-6-9(2)7-8-10-3/h4-8H,1H2,2-3H3/b6-5-,9-7-,10-8?. The Hall–Kier alpha value is -1.11. The van der Waals surface area contributed by atoms with Crippen molar-refractivity contribution in [1.82, 2.24) is 0 Å². The second-order valence-corrected chi connectivity index (χ2v) is 1.91. The Labute approximate surface area is 62.5 Å². The van der Waals surface area contributed by atoms with Crippen molar-refractivity contribution in [3.63, 3.8) is 0 Å². The molecule has 0 N–H and O–H groups in total. The third-order valence-corrected chi connectivity index (χ3v) is 0.982. The number of aliphatic imine (C=N–C) groups is 1. The predicted molar refractivity (Wildman–Crippen MR) is 47.5 cm³/mol. The van der Waals surface area contributed by atoms with Crippen LogP contribution in [0.5, 0.6) is 0 Å². The maximum absolute atomic E-state index is 3.82. The highest BCUT2D eigenvalue weighted by Gasteiger charge is 1.74. The Bertz CT molecular complexity index is 173.